The van der Waals surface area contributed by atoms with Gasteiger partial charge in [0, 0.05) is 13.0 Å². The van der Waals surface area contributed by atoms with Gasteiger partial charge in [-0.05, 0) is 18.4 Å². The average molecular weight is 340 g/mol. The molecule has 0 aromatic heterocycles. The van der Waals surface area contributed by atoms with Gasteiger partial charge < -0.3 is 10.6 Å². The number of amides is 2. The summed E-state index contributed by atoms with van der Waals surface area (Å²) >= 11 is 0. The van der Waals surface area contributed by atoms with Crippen molar-refractivity contribution in [1.29, 1.82) is 0 Å². The van der Waals surface area contributed by atoms with Gasteiger partial charge in [0.1, 0.15) is 0 Å². The van der Waals surface area contributed by atoms with E-state index in [1.807, 2.05) is 13.0 Å². The van der Waals surface area contributed by atoms with Crippen LogP contribution in [0, 0.1) is 0 Å². The zero-order valence-electron chi connectivity index (χ0n) is 13.4. The quantitative estimate of drug-likeness (QED) is 0.622. The highest BCUT2D eigenvalue weighted by Crippen LogP contribution is 2.06. The van der Waals surface area contributed by atoms with E-state index in [-0.39, 0.29) is 36.4 Å². The van der Waals surface area contributed by atoms with Crippen molar-refractivity contribution < 1.29 is 18.0 Å². The molecule has 0 aliphatic heterocycles. The van der Waals surface area contributed by atoms with E-state index in [4.69, 9.17) is 0 Å². The second-order valence-electron chi connectivity index (χ2n) is 5.31. The summed E-state index contributed by atoms with van der Waals surface area (Å²) in [5, 5.41) is 5.10. The molecule has 0 saturated heterocycles. The van der Waals surface area contributed by atoms with E-state index < -0.39 is 9.84 Å². The standard InChI is InChI=1S/C16H24N2O4S/c1-2-7-15(19)18-12-16(20)17-10-6-11-23(21,22)13-14-8-4-3-5-9-14/h3-5,8-9H,2,6-7,10-13H2,1H3,(H,17,20)(H,18,19). The predicted molar refractivity (Wildman–Crippen MR) is 89.5 cm³/mol. The predicted octanol–water partition coefficient (Wildman–Crippen LogP) is 1.02. The van der Waals surface area contributed by atoms with Crippen LogP contribution >= 0.6 is 0 Å². The van der Waals surface area contributed by atoms with Crippen LogP contribution in [-0.4, -0.2) is 39.1 Å². The fourth-order valence-corrected chi connectivity index (χ4v) is 3.41. The van der Waals surface area contributed by atoms with E-state index in [0.717, 1.165) is 12.0 Å². The lowest BCUT2D eigenvalue weighted by Crippen LogP contribution is -2.37. The van der Waals surface area contributed by atoms with Crippen LogP contribution in [0.2, 0.25) is 0 Å². The van der Waals surface area contributed by atoms with Crippen LogP contribution in [0.25, 0.3) is 0 Å². The number of sulfone groups is 1. The molecular formula is C16H24N2O4S. The lowest BCUT2D eigenvalue weighted by atomic mass is 10.2. The third-order valence-electron chi connectivity index (χ3n) is 3.11. The van der Waals surface area contributed by atoms with Crippen molar-refractivity contribution in [2.45, 2.75) is 31.9 Å². The maximum absolute atomic E-state index is 12.0. The maximum Gasteiger partial charge on any atom is 0.239 e. The van der Waals surface area contributed by atoms with Gasteiger partial charge in [0.25, 0.3) is 0 Å². The lowest BCUT2D eigenvalue weighted by Gasteiger charge is -2.07. The monoisotopic (exact) mass is 340 g/mol. The topological polar surface area (TPSA) is 92.3 Å². The van der Waals surface area contributed by atoms with E-state index in [1.165, 1.54) is 0 Å². The van der Waals surface area contributed by atoms with Crippen molar-refractivity contribution in [3.63, 3.8) is 0 Å². The molecule has 1 aromatic carbocycles. The Morgan fingerprint density at radius 1 is 1.04 bits per heavy atom. The molecule has 0 aliphatic rings. The van der Waals surface area contributed by atoms with Crippen molar-refractivity contribution in [2.24, 2.45) is 0 Å². The molecule has 0 atom stereocenters. The number of carbonyl (C=O) groups excluding carboxylic acids is 2. The van der Waals surface area contributed by atoms with Crippen molar-refractivity contribution in [3.8, 4) is 0 Å². The number of hydrogen-bond donors (Lipinski definition) is 2. The van der Waals surface area contributed by atoms with Crippen LogP contribution in [0.1, 0.15) is 31.7 Å². The van der Waals surface area contributed by atoms with Crippen LogP contribution in [-0.2, 0) is 25.2 Å². The van der Waals surface area contributed by atoms with Crippen LogP contribution < -0.4 is 10.6 Å². The maximum atomic E-state index is 12.0. The fourth-order valence-electron chi connectivity index (χ4n) is 1.98. The molecule has 128 valence electrons. The number of benzene rings is 1. The summed E-state index contributed by atoms with van der Waals surface area (Å²) in [6.07, 6.45) is 1.47. The molecule has 0 unspecified atom stereocenters. The molecule has 0 radical (unpaired) electrons. The highest BCUT2D eigenvalue weighted by Gasteiger charge is 2.12. The molecule has 23 heavy (non-hydrogen) atoms. The Morgan fingerprint density at radius 3 is 2.39 bits per heavy atom. The molecule has 2 N–H and O–H groups in total. The minimum Gasteiger partial charge on any atom is -0.355 e. The zero-order valence-corrected chi connectivity index (χ0v) is 14.2. The van der Waals surface area contributed by atoms with Gasteiger partial charge in [0.05, 0.1) is 18.1 Å². The Kier molecular flexibility index (Phi) is 8.32. The van der Waals surface area contributed by atoms with Crippen LogP contribution in [0.15, 0.2) is 30.3 Å². The first-order chi connectivity index (χ1) is 10.9. The van der Waals surface area contributed by atoms with Crippen molar-refractivity contribution in [2.75, 3.05) is 18.8 Å². The minimum absolute atomic E-state index is 0.00879. The van der Waals surface area contributed by atoms with Crippen molar-refractivity contribution >= 4 is 21.7 Å². The summed E-state index contributed by atoms with van der Waals surface area (Å²) in [6, 6.07) is 9.00. The van der Waals surface area contributed by atoms with Crippen LogP contribution in [0.4, 0.5) is 0 Å². The molecule has 0 saturated carbocycles. The lowest BCUT2D eigenvalue weighted by molar-refractivity contribution is -0.126. The summed E-state index contributed by atoms with van der Waals surface area (Å²) in [7, 11) is -3.19. The number of carbonyl (C=O) groups is 2. The van der Waals surface area contributed by atoms with Gasteiger partial charge in [-0.3, -0.25) is 9.59 Å². The van der Waals surface area contributed by atoms with Gasteiger partial charge in [-0.15, -0.1) is 0 Å². The Hall–Kier alpha value is -1.89. The number of nitrogens with one attached hydrogen (secondary N) is 2. The molecule has 1 rings (SSSR count). The highest BCUT2D eigenvalue weighted by molar-refractivity contribution is 7.90. The molecule has 0 fully saturated rings. The fraction of sp³-hybridized carbons (Fsp3) is 0.500. The summed E-state index contributed by atoms with van der Waals surface area (Å²) in [6.45, 7) is 2.08. The summed E-state index contributed by atoms with van der Waals surface area (Å²) < 4.78 is 23.9. The van der Waals surface area contributed by atoms with Crippen LogP contribution in [0.3, 0.4) is 0 Å². The van der Waals surface area contributed by atoms with E-state index >= 15 is 0 Å². The van der Waals surface area contributed by atoms with Gasteiger partial charge in [-0.2, -0.15) is 0 Å². The Balaban J connectivity index is 2.20. The molecule has 6 nitrogen and oxygen atoms in total. The van der Waals surface area contributed by atoms with Gasteiger partial charge in [-0.25, -0.2) is 8.42 Å². The third kappa shape index (κ3) is 8.97. The van der Waals surface area contributed by atoms with E-state index in [9.17, 15) is 18.0 Å². The first-order valence-corrected chi connectivity index (χ1v) is 9.53. The van der Waals surface area contributed by atoms with E-state index in [1.54, 1.807) is 24.3 Å². The summed E-state index contributed by atoms with van der Waals surface area (Å²) in [5.41, 5.74) is 0.759. The Bertz CT molecular complexity index is 600. The van der Waals surface area contributed by atoms with E-state index in [2.05, 4.69) is 10.6 Å². The summed E-state index contributed by atoms with van der Waals surface area (Å²) in [5.74, 6) is -0.442. The third-order valence-corrected chi connectivity index (χ3v) is 4.79. The van der Waals surface area contributed by atoms with E-state index in [0.29, 0.717) is 12.8 Å². The van der Waals surface area contributed by atoms with Gasteiger partial charge in [0.2, 0.25) is 11.8 Å². The number of hydrogen-bond acceptors (Lipinski definition) is 4. The van der Waals surface area contributed by atoms with Crippen molar-refractivity contribution in [1.82, 2.24) is 10.6 Å². The van der Waals surface area contributed by atoms with Crippen LogP contribution in [0.5, 0.6) is 0 Å². The molecule has 0 aliphatic carbocycles. The largest absolute Gasteiger partial charge is 0.355 e. The molecule has 7 heteroatoms. The second-order valence-corrected chi connectivity index (χ2v) is 7.49. The number of rotatable bonds is 10. The molecular weight excluding hydrogens is 316 g/mol. The Morgan fingerprint density at radius 2 is 1.74 bits per heavy atom. The molecule has 1 aromatic rings. The summed E-state index contributed by atoms with van der Waals surface area (Å²) in [4.78, 5) is 22.7. The normalized spacial score (nSPS) is 11.0. The molecule has 0 spiro atoms. The van der Waals surface area contributed by atoms with Gasteiger partial charge >= 0.3 is 0 Å². The van der Waals surface area contributed by atoms with Gasteiger partial charge in [0.15, 0.2) is 9.84 Å². The Labute approximate surface area is 137 Å². The first-order valence-electron chi connectivity index (χ1n) is 7.70. The molecule has 2 amide bonds. The second kappa shape index (κ2) is 9.99. The smallest absolute Gasteiger partial charge is 0.239 e. The van der Waals surface area contributed by atoms with Gasteiger partial charge in [-0.1, -0.05) is 37.3 Å². The first kappa shape index (κ1) is 19.2. The SMILES string of the molecule is CCCC(=O)NCC(=O)NCCCS(=O)(=O)Cc1ccccc1. The molecule has 0 bridgehead atoms. The van der Waals surface area contributed by atoms with Crippen molar-refractivity contribution in [3.05, 3.63) is 35.9 Å². The average Bonchev–Trinajstić information content (AvgIpc) is 2.50. The molecule has 0 heterocycles. The highest BCUT2D eigenvalue weighted by atomic mass is 32.2. The minimum atomic E-state index is -3.19. The zero-order chi connectivity index (χ0) is 17.1.